The summed E-state index contributed by atoms with van der Waals surface area (Å²) >= 11 is 3.03. The van der Waals surface area contributed by atoms with Crippen LogP contribution in [0.2, 0.25) is 0 Å². The van der Waals surface area contributed by atoms with Crippen molar-refractivity contribution in [2.24, 2.45) is 0 Å². The van der Waals surface area contributed by atoms with Gasteiger partial charge in [0.15, 0.2) is 0 Å². The number of aromatic nitrogens is 1. The Bertz CT molecular complexity index is 538. The van der Waals surface area contributed by atoms with Gasteiger partial charge in [-0.25, -0.2) is 8.78 Å². The number of carbonyl (C=O) groups is 1. The molecular formula is C11H11BBrF2N2O2. The van der Waals surface area contributed by atoms with Crippen LogP contribution in [0.1, 0.15) is 17.9 Å². The van der Waals surface area contributed by atoms with Crippen molar-refractivity contribution in [2.75, 3.05) is 13.1 Å². The van der Waals surface area contributed by atoms with E-state index in [2.05, 4.69) is 20.9 Å². The first-order valence-corrected chi connectivity index (χ1v) is 6.52. The summed E-state index contributed by atoms with van der Waals surface area (Å²) in [6.45, 7) is 0.191. The van der Waals surface area contributed by atoms with Crippen LogP contribution < -0.4 is 5.56 Å². The van der Waals surface area contributed by atoms with Gasteiger partial charge in [0, 0.05) is 12.6 Å². The zero-order valence-electron chi connectivity index (χ0n) is 9.91. The maximum absolute atomic E-state index is 14.0. The molecule has 1 aliphatic heterocycles. The molecule has 2 heterocycles. The summed E-state index contributed by atoms with van der Waals surface area (Å²) in [4.78, 5) is 25.6. The average molecular weight is 332 g/mol. The molecule has 0 bridgehead atoms. The van der Waals surface area contributed by atoms with Crippen LogP contribution in [-0.2, 0) is 4.79 Å². The second-order valence-corrected chi connectivity index (χ2v) is 5.31. The van der Waals surface area contributed by atoms with Gasteiger partial charge in [-0.05, 0) is 40.6 Å². The number of rotatable bonds is 3. The molecule has 8 heteroatoms. The molecule has 0 aliphatic carbocycles. The molecule has 1 fully saturated rings. The Balaban J connectivity index is 2.29. The number of H-pyrrole nitrogens is 1. The van der Waals surface area contributed by atoms with Crippen LogP contribution in [-0.4, -0.2) is 42.4 Å². The van der Waals surface area contributed by atoms with Crippen molar-refractivity contribution in [1.29, 1.82) is 0 Å². The predicted molar refractivity (Wildman–Crippen MR) is 71.1 cm³/mol. The summed E-state index contributed by atoms with van der Waals surface area (Å²) in [6, 6.07) is 1.40. The third kappa shape index (κ3) is 3.12. The van der Waals surface area contributed by atoms with Gasteiger partial charge in [0.25, 0.3) is 18.9 Å². The topological polar surface area (TPSA) is 53.2 Å². The molecule has 1 unspecified atom stereocenters. The molecular weight excluding hydrogens is 321 g/mol. The van der Waals surface area contributed by atoms with Gasteiger partial charge < -0.3 is 14.6 Å². The highest BCUT2D eigenvalue weighted by Gasteiger charge is 2.44. The molecule has 0 aromatic carbocycles. The smallest absolute Gasteiger partial charge is 0.293 e. The first-order valence-electron chi connectivity index (χ1n) is 5.72. The second-order valence-electron chi connectivity index (χ2n) is 4.45. The highest BCUT2D eigenvalue weighted by molar-refractivity contribution is 9.10. The Morgan fingerprint density at radius 1 is 1.58 bits per heavy atom. The third-order valence-corrected chi connectivity index (χ3v) is 3.80. The summed E-state index contributed by atoms with van der Waals surface area (Å²) < 4.78 is 28.1. The molecule has 1 radical (unpaired) electrons. The number of hydrogen-bond acceptors (Lipinski definition) is 3. The van der Waals surface area contributed by atoms with Crippen LogP contribution in [0.5, 0.6) is 0 Å². The van der Waals surface area contributed by atoms with E-state index in [9.17, 15) is 18.4 Å². The van der Waals surface area contributed by atoms with Crippen LogP contribution in [0.3, 0.4) is 0 Å². The molecule has 1 aromatic heterocycles. The molecule has 1 aromatic rings. The van der Waals surface area contributed by atoms with Gasteiger partial charge >= 0.3 is 0 Å². The highest BCUT2D eigenvalue weighted by atomic mass is 79.9. The molecule has 1 saturated heterocycles. The quantitative estimate of drug-likeness (QED) is 0.672. The molecule has 2 rings (SSSR count). The number of piperidine rings is 1. The molecule has 101 valence electrons. The van der Waals surface area contributed by atoms with Crippen molar-refractivity contribution in [3.8, 4) is 0 Å². The fourth-order valence-corrected chi connectivity index (χ4v) is 2.55. The van der Waals surface area contributed by atoms with E-state index in [1.165, 1.54) is 19.7 Å². The lowest BCUT2D eigenvalue weighted by Crippen LogP contribution is -2.47. The minimum absolute atomic E-state index is 0.0459. The van der Waals surface area contributed by atoms with Crippen LogP contribution in [0.4, 0.5) is 8.78 Å². The number of halogens is 3. The first-order chi connectivity index (χ1) is 8.94. The largest absolute Gasteiger partial charge is 0.339 e. The second kappa shape index (κ2) is 5.54. The molecule has 4 nitrogen and oxygen atoms in total. The Hall–Kier alpha value is -1.02. The molecule has 0 spiro atoms. The number of nitrogens with one attached hydrogen (secondary N) is 1. The van der Waals surface area contributed by atoms with Crippen molar-refractivity contribution in [1.82, 2.24) is 9.79 Å². The Kier molecular flexibility index (Phi) is 4.20. The summed E-state index contributed by atoms with van der Waals surface area (Å²) in [5, 5.41) is 0. The van der Waals surface area contributed by atoms with Crippen molar-refractivity contribution in [3.05, 3.63) is 32.7 Å². The lowest BCUT2D eigenvalue weighted by Gasteiger charge is -2.37. The molecule has 1 atom stereocenters. The Morgan fingerprint density at radius 2 is 2.32 bits per heavy atom. The summed E-state index contributed by atoms with van der Waals surface area (Å²) in [6.07, 6.45) is 1.57. The molecule has 0 amide bonds. The average Bonchev–Trinajstić information content (AvgIpc) is 2.35. The first kappa shape index (κ1) is 14.4. The zero-order valence-corrected chi connectivity index (χ0v) is 11.5. The van der Waals surface area contributed by atoms with Gasteiger partial charge in [-0.15, -0.1) is 0 Å². The van der Waals surface area contributed by atoms with Gasteiger partial charge in [-0.3, -0.25) is 4.79 Å². The van der Waals surface area contributed by atoms with Crippen molar-refractivity contribution >= 4 is 29.5 Å². The van der Waals surface area contributed by atoms with Gasteiger partial charge in [0.05, 0.1) is 16.6 Å². The monoisotopic (exact) mass is 331 g/mol. The van der Waals surface area contributed by atoms with E-state index in [1.807, 2.05) is 0 Å². The third-order valence-electron chi connectivity index (χ3n) is 3.21. The predicted octanol–water partition coefficient (Wildman–Crippen LogP) is 1.37. The number of nitrogens with zero attached hydrogens (tertiary/aromatic N) is 1. The van der Waals surface area contributed by atoms with Gasteiger partial charge in [0.1, 0.15) is 0 Å². The van der Waals surface area contributed by atoms with Crippen molar-refractivity contribution in [2.45, 2.75) is 18.3 Å². The molecule has 1 N–H and O–H groups in total. The van der Waals surface area contributed by atoms with E-state index in [0.29, 0.717) is 11.7 Å². The fourth-order valence-electron chi connectivity index (χ4n) is 2.17. The normalized spacial score (nSPS) is 23.0. The lowest BCUT2D eigenvalue weighted by atomic mass is 9.82. The van der Waals surface area contributed by atoms with Crippen molar-refractivity contribution < 1.29 is 13.6 Å². The van der Waals surface area contributed by atoms with Crippen LogP contribution >= 0.6 is 15.9 Å². The minimum Gasteiger partial charge on any atom is -0.339 e. The number of hydrogen-bond donors (Lipinski definition) is 1. The number of aromatic amines is 1. The Morgan fingerprint density at radius 3 is 2.95 bits per heavy atom. The van der Waals surface area contributed by atoms with Crippen LogP contribution in [0, 0.1) is 0 Å². The van der Waals surface area contributed by atoms with E-state index in [4.69, 9.17) is 0 Å². The molecule has 19 heavy (non-hydrogen) atoms. The van der Waals surface area contributed by atoms with E-state index < -0.39 is 11.8 Å². The van der Waals surface area contributed by atoms with Crippen molar-refractivity contribution in [3.63, 3.8) is 0 Å². The van der Waals surface area contributed by atoms with E-state index in [1.54, 1.807) is 4.81 Å². The summed E-state index contributed by atoms with van der Waals surface area (Å²) in [7, 11) is 1.27. The van der Waals surface area contributed by atoms with Gasteiger partial charge in [0.2, 0.25) is 0 Å². The molecule has 0 saturated carbocycles. The maximum Gasteiger partial charge on any atom is 0.293 e. The minimum atomic E-state index is -2.86. The summed E-state index contributed by atoms with van der Waals surface area (Å²) in [5.74, 6) is -3.91. The van der Waals surface area contributed by atoms with Gasteiger partial charge in [-0.2, -0.15) is 0 Å². The lowest BCUT2D eigenvalue weighted by molar-refractivity contribution is -0.0625. The standard InChI is InChI=1S/C11H11BBrF2N2O2/c13-9-3-7(4-16-10(9)19)8-5-17(12-6-18)2-1-11(8,14)15/h3-4,6,8H,1-2,5H2,(H,16,19). The van der Waals surface area contributed by atoms with Gasteiger partial charge in [-0.1, -0.05) is 0 Å². The Labute approximate surface area is 117 Å². The van der Waals surface area contributed by atoms with E-state index in [-0.39, 0.29) is 29.5 Å². The fraction of sp³-hybridized carbons (Fsp3) is 0.455. The van der Waals surface area contributed by atoms with E-state index >= 15 is 0 Å². The number of carbonyl (C=O) groups excluding carboxylic acids is 1. The number of alkyl halides is 2. The number of pyridine rings is 1. The zero-order chi connectivity index (χ0) is 14.0. The summed E-state index contributed by atoms with van der Waals surface area (Å²) in [5.41, 5.74) is -0.0142. The van der Waals surface area contributed by atoms with Crippen LogP contribution in [0.25, 0.3) is 0 Å². The SMILES string of the molecule is O=C[B]N1CCC(F)(F)C(c2c[nH]c(=O)c(Br)c2)C1. The molecule has 1 aliphatic rings. The van der Waals surface area contributed by atoms with Crippen LogP contribution in [0.15, 0.2) is 21.5 Å². The highest BCUT2D eigenvalue weighted by Crippen LogP contribution is 2.39. The van der Waals surface area contributed by atoms with E-state index in [0.717, 1.165) is 0 Å². The maximum atomic E-state index is 14.0.